The molecular weight excluding hydrogens is 361 g/mol. The van der Waals surface area contributed by atoms with Gasteiger partial charge in [0, 0.05) is 11.1 Å². The lowest BCUT2D eigenvalue weighted by Crippen LogP contribution is -2.52. The van der Waals surface area contributed by atoms with E-state index in [-0.39, 0.29) is 11.1 Å². The van der Waals surface area contributed by atoms with Crippen molar-refractivity contribution in [2.75, 3.05) is 28.2 Å². The van der Waals surface area contributed by atoms with Crippen LogP contribution in [-0.2, 0) is 17.3 Å². The molecule has 0 aliphatic heterocycles. The molecule has 152 valence electrons. The van der Waals surface area contributed by atoms with Crippen LogP contribution in [0, 0.1) is 0 Å². The predicted octanol–water partition coefficient (Wildman–Crippen LogP) is 5.49. The molecule has 0 saturated heterocycles. The van der Waals surface area contributed by atoms with Crippen LogP contribution >= 0.6 is 0 Å². The van der Waals surface area contributed by atoms with Gasteiger partial charge in [-0.25, -0.2) is 0 Å². The number of nitrogens with zero attached hydrogens (tertiary/aromatic N) is 2. The van der Waals surface area contributed by atoms with Crippen molar-refractivity contribution in [2.24, 2.45) is 0 Å². The summed E-state index contributed by atoms with van der Waals surface area (Å²) < 4.78 is 38.9. The summed E-state index contributed by atoms with van der Waals surface area (Å²) in [4.78, 5) is 4.48. The second kappa shape index (κ2) is 7.53. The normalized spacial score (nSPS) is 26.0. The van der Waals surface area contributed by atoms with Crippen molar-refractivity contribution in [1.29, 1.82) is 0 Å². The molecule has 3 rings (SSSR count). The smallest absolute Gasteiger partial charge is 0.300 e. The average Bonchev–Trinajstić information content (AvgIpc) is 2.68. The first-order valence-electron chi connectivity index (χ1n) is 9.70. The molecule has 2 aromatic rings. The Labute approximate surface area is 166 Å². The zero-order chi connectivity index (χ0) is 20.6. The molecule has 1 aliphatic carbocycles. The van der Waals surface area contributed by atoms with Gasteiger partial charge < -0.3 is 0 Å². The van der Waals surface area contributed by atoms with Crippen LogP contribution in [0.3, 0.4) is 0 Å². The van der Waals surface area contributed by atoms with E-state index in [1.807, 2.05) is 20.2 Å². The molecule has 2 nitrogen and oxygen atoms in total. The van der Waals surface area contributed by atoms with Crippen LogP contribution in [0.4, 0.5) is 13.2 Å². The van der Waals surface area contributed by atoms with Gasteiger partial charge in [0.15, 0.2) is 0 Å². The third kappa shape index (κ3) is 3.58. The Bertz CT molecular complexity index is 772. The molecule has 0 bridgehead atoms. The molecule has 2 aromatic carbocycles. The van der Waals surface area contributed by atoms with E-state index in [2.05, 4.69) is 48.2 Å². The van der Waals surface area contributed by atoms with Gasteiger partial charge in [-0.3, -0.25) is 9.80 Å². The van der Waals surface area contributed by atoms with Crippen molar-refractivity contribution in [3.8, 4) is 0 Å². The van der Waals surface area contributed by atoms with E-state index >= 15 is 0 Å². The fraction of sp³-hybridized carbons (Fsp3) is 0.478. The highest BCUT2D eigenvalue weighted by molar-refractivity contribution is 5.33. The zero-order valence-electron chi connectivity index (χ0n) is 17.1. The van der Waals surface area contributed by atoms with Crippen molar-refractivity contribution in [3.63, 3.8) is 0 Å². The molecule has 0 heterocycles. The summed E-state index contributed by atoms with van der Waals surface area (Å²) in [6, 6.07) is 16.3. The zero-order valence-corrected chi connectivity index (χ0v) is 17.1. The maximum Gasteiger partial charge on any atom is 0.416 e. The fourth-order valence-electron chi connectivity index (χ4n) is 4.78. The van der Waals surface area contributed by atoms with Crippen molar-refractivity contribution in [1.82, 2.24) is 9.80 Å². The van der Waals surface area contributed by atoms with Gasteiger partial charge in [-0.1, -0.05) is 42.5 Å². The van der Waals surface area contributed by atoms with Crippen LogP contribution in [0.2, 0.25) is 0 Å². The number of alkyl halides is 3. The standard InChI is InChI=1S/C23H29F3N2/c1-27(2)21(18-8-6-5-7-9-18)14-16-22(17-15-21,28(3)4)19-10-12-20(13-11-19)23(24,25)26/h5-13H,14-17H2,1-4H3. The minimum absolute atomic E-state index is 0.0489. The molecule has 0 N–H and O–H groups in total. The average molecular weight is 390 g/mol. The molecule has 1 aliphatic rings. The molecule has 0 unspecified atom stereocenters. The molecule has 0 atom stereocenters. The number of benzene rings is 2. The molecule has 0 radical (unpaired) electrons. The molecule has 0 spiro atoms. The molecule has 0 amide bonds. The van der Waals surface area contributed by atoms with Crippen LogP contribution in [0.1, 0.15) is 42.4 Å². The van der Waals surface area contributed by atoms with Crippen LogP contribution < -0.4 is 0 Å². The van der Waals surface area contributed by atoms with Gasteiger partial charge >= 0.3 is 6.18 Å². The Hall–Kier alpha value is -1.85. The third-order valence-electron chi connectivity index (χ3n) is 6.68. The van der Waals surface area contributed by atoms with Crippen molar-refractivity contribution < 1.29 is 13.2 Å². The Morgan fingerprint density at radius 3 is 1.39 bits per heavy atom. The molecule has 28 heavy (non-hydrogen) atoms. The lowest BCUT2D eigenvalue weighted by molar-refractivity contribution is -0.137. The van der Waals surface area contributed by atoms with Gasteiger partial charge in [-0.15, -0.1) is 0 Å². The van der Waals surface area contributed by atoms with Gasteiger partial charge in [0.2, 0.25) is 0 Å². The van der Waals surface area contributed by atoms with E-state index in [0.717, 1.165) is 31.2 Å². The minimum atomic E-state index is -4.30. The second-order valence-electron chi connectivity index (χ2n) is 8.29. The SMILES string of the molecule is CN(C)C1(c2ccccc2)CCC(c2ccc(C(F)(F)F)cc2)(N(C)C)CC1. The van der Waals surface area contributed by atoms with Gasteiger partial charge in [0.1, 0.15) is 0 Å². The summed E-state index contributed by atoms with van der Waals surface area (Å²) in [6.45, 7) is 0. The lowest BCUT2D eigenvalue weighted by atomic mass is 9.66. The van der Waals surface area contributed by atoms with Gasteiger partial charge in [0.05, 0.1) is 5.56 Å². The molecule has 0 aromatic heterocycles. The highest BCUT2D eigenvalue weighted by atomic mass is 19.4. The summed E-state index contributed by atoms with van der Waals surface area (Å²) in [7, 11) is 8.30. The Morgan fingerprint density at radius 1 is 0.643 bits per heavy atom. The maximum atomic E-state index is 13.0. The predicted molar refractivity (Wildman–Crippen MR) is 107 cm³/mol. The molecule has 5 heteroatoms. The summed E-state index contributed by atoms with van der Waals surface area (Å²) in [6.07, 6.45) is -0.632. The van der Waals surface area contributed by atoms with Gasteiger partial charge in [-0.05, 0) is 77.1 Å². The van der Waals surface area contributed by atoms with Crippen LogP contribution in [0.5, 0.6) is 0 Å². The number of rotatable bonds is 4. The first-order chi connectivity index (χ1) is 13.1. The van der Waals surface area contributed by atoms with Gasteiger partial charge in [-0.2, -0.15) is 13.2 Å². The summed E-state index contributed by atoms with van der Waals surface area (Å²) in [5.74, 6) is 0. The van der Waals surface area contributed by atoms with Crippen molar-refractivity contribution >= 4 is 0 Å². The highest BCUT2D eigenvalue weighted by Crippen LogP contribution is 2.50. The van der Waals surface area contributed by atoms with E-state index in [1.165, 1.54) is 17.7 Å². The molecule has 1 saturated carbocycles. The Balaban J connectivity index is 1.93. The largest absolute Gasteiger partial charge is 0.416 e. The Morgan fingerprint density at radius 2 is 1.04 bits per heavy atom. The van der Waals surface area contributed by atoms with Crippen LogP contribution in [0.25, 0.3) is 0 Å². The van der Waals surface area contributed by atoms with E-state index in [0.29, 0.717) is 0 Å². The Kier molecular flexibility index (Phi) is 5.61. The monoisotopic (exact) mass is 390 g/mol. The summed E-state index contributed by atoms with van der Waals surface area (Å²) in [5.41, 5.74) is 1.38. The quantitative estimate of drug-likeness (QED) is 0.681. The van der Waals surface area contributed by atoms with Crippen molar-refractivity contribution in [3.05, 3.63) is 71.3 Å². The third-order valence-corrected chi connectivity index (χ3v) is 6.68. The first kappa shape index (κ1) is 20.9. The fourth-order valence-corrected chi connectivity index (χ4v) is 4.78. The van der Waals surface area contributed by atoms with E-state index in [1.54, 1.807) is 12.1 Å². The first-order valence-corrected chi connectivity index (χ1v) is 9.70. The van der Waals surface area contributed by atoms with E-state index in [4.69, 9.17) is 0 Å². The second-order valence-corrected chi connectivity index (χ2v) is 8.29. The van der Waals surface area contributed by atoms with Gasteiger partial charge in [0.25, 0.3) is 0 Å². The number of hydrogen-bond donors (Lipinski definition) is 0. The molecule has 1 fully saturated rings. The van der Waals surface area contributed by atoms with E-state index in [9.17, 15) is 13.2 Å². The minimum Gasteiger partial charge on any atom is -0.300 e. The van der Waals surface area contributed by atoms with Crippen molar-refractivity contribution in [2.45, 2.75) is 42.9 Å². The summed E-state index contributed by atoms with van der Waals surface area (Å²) in [5, 5.41) is 0. The number of halogens is 3. The van der Waals surface area contributed by atoms with Crippen LogP contribution in [0.15, 0.2) is 54.6 Å². The number of hydrogen-bond acceptors (Lipinski definition) is 2. The molecular formula is C23H29F3N2. The highest BCUT2D eigenvalue weighted by Gasteiger charge is 2.47. The van der Waals surface area contributed by atoms with Crippen LogP contribution in [-0.4, -0.2) is 38.0 Å². The topological polar surface area (TPSA) is 6.48 Å². The summed E-state index contributed by atoms with van der Waals surface area (Å²) >= 11 is 0. The lowest BCUT2D eigenvalue weighted by Gasteiger charge is -2.52. The van der Waals surface area contributed by atoms with E-state index < -0.39 is 11.7 Å². The maximum absolute atomic E-state index is 13.0.